The van der Waals surface area contributed by atoms with Crippen molar-refractivity contribution in [1.82, 2.24) is 5.32 Å². The number of halogens is 1. The van der Waals surface area contributed by atoms with E-state index in [2.05, 4.69) is 10.6 Å². The van der Waals surface area contributed by atoms with E-state index in [1.807, 2.05) is 0 Å². The van der Waals surface area contributed by atoms with Gasteiger partial charge in [0.1, 0.15) is 0 Å². The van der Waals surface area contributed by atoms with E-state index in [0.717, 1.165) is 12.8 Å². The highest BCUT2D eigenvalue weighted by Gasteiger charge is 2.17. The third kappa shape index (κ3) is 4.44. The van der Waals surface area contributed by atoms with Crippen LogP contribution in [0, 0.1) is 0 Å². The Morgan fingerprint density at radius 3 is 2.71 bits per heavy atom. The van der Waals surface area contributed by atoms with Gasteiger partial charge >= 0.3 is 5.97 Å². The minimum Gasteiger partial charge on any atom is -0.465 e. The van der Waals surface area contributed by atoms with Crippen molar-refractivity contribution in [3.05, 3.63) is 28.8 Å². The summed E-state index contributed by atoms with van der Waals surface area (Å²) in [6.07, 6.45) is 4.65. The lowest BCUT2D eigenvalue weighted by Crippen LogP contribution is -2.34. The number of amides is 1. The number of nitrogens with one attached hydrogen (secondary N) is 2. The van der Waals surface area contributed by atoms with Crippen LogP contribution in [0.15, 0.2) is 18.2 Å². The molecule has 0 unspecified atom stereocenters. The second-order valence-corrected chi connectivity index (χ2v) is 5.53. The molecule has 1 fully saturated rings. The highest BCUT2D eigenvalue weighted by Crippen LogP contribution is 2.21. The van der Waals surface area contributed by atoms with Crippen molar-refractivity contribution in [2.45, 2.75) is 31.7 Å². The maximum atomic E-state index is 12.0. The number of hydrogen-bond donors (Lipinski definition) is 2. The lowest BCUT2D eigenvalue weighted by molar-refractivity contribution is -0.115. The summed E-state index contributed by atoms with van der Waals surface area (Å²) >= 11 is 5.87. The van der Waals surface area contributed by atoms with Crippen molar-refractivity contribution in [3.8, 4) is 0 Å². The number of methoxy groups -OCH3 is 1. The Labute approximate surface area is 129 Å². The lowest BCUT2D eigenvalue weighted by atomic mass is 10.1. The molecule has 114 valence electrons. The van der Waals surface area contributed by atoms with Crippen LogP contribution >= 0.6 is 11.6 Å². The standard InChI is InChI=1S/C15H19ClN2O3/c1-21-15(20)12-8-10(16)6-7-13(12)18-14(19)9-17-11-4-2-3-5-11/h6-8,11,17H,2-5,9H2,1H3,(H,18,19). The van der Waals surface area contributed by atoms with Crippen LogP contribution in [0.4, 0.5) is 5.69 Å². The van der Waals surface area contributed by atoms with Gasteiger partial charge in [-0.05, 0) is 31.0 Å². The van der Waals surface area contributed by atoms with Gasteiger partial charge in [-0.25, -0.2) is 4.79 Å². The van der Waals surface area contributed by atoms with Gasteiger partial charge in [-0.15, -0.1) is 0 Å². The largest absolute Gasteiger partial charge is 0.465 e. The van der Waals surface area contributed by atoms with Gasteiger partial charge in [-0.3, -0.25) is 4.79 Å². The summed E-state index contributed by atoms with van der Waals surface area (Å²) in [5, 5.41) is 6.35. The summed E-state index contributed by atoms with van der Waals surface area (Å²) in [6.45, 7) is 0.230. The summed E-state index contributed by atoms with van der Waals surface area (Å²) in [5.41, 5.74) is 0.656. The molecule has 1 amide bonds. The fraction of sp³-hybridized carbons (Fsp3) is 0.467. The van der Waals surface area contributed by atoms with Crippen LogP contribution in [0.25, 0.3) is 0 Å². The molecule has 6 heteroatoms. The van der Waals surface area contributed by atoms with E-state index in [1.54, 1.807) is 12.1 Å². The predicted octanol–water partition coefficient (Wildman–Crippen LogP) is 2.60. The lowest BCUT2D eigenvalue weighted by Gasteiger charge is -2.13. The van der Waals surface area contributed by atoms with Gasteiger partial charge in [0, 0.05) is 11.1 Å². The molecule has 2 rings (SSSR count). The molecule has 0 radical (unpaired) electrons. The molecule has 0 heterocycles. The molecule has 1 aromatic carbocycles. The van der Waals surface area contributed by atoms with Crippen molar-refractivity contribution in [2.24, 2.45) is 0 Å². The molecule has 21 heavy (non-hydrogen) atoms. The molecule has 0 saturated heterocycles. The van der Waals surface area contributed by atoms with E-state index < -0.39 is 5.97 Å². The van der Waals surface area contributed by atoms with Crippen molar-refractivity contribution in [2.75, 3.05) is 19.0 Å². The number of hydrogen-bond acceptors (Lipinski definition) is 4. The zero-order chi connectivity index (χ0) is 15.2. The fourth-order valence-electron chi connectivity index (χ4n) is 2.47. The SMILES string of the molecule is COC(=O)c1cc(Cl)ccc1NC(=O)CNC1CCCC1. The highest BCUT2D eigenvalue weighted by molar-refractivity contribution is 6.31. The molecule has 1 saturated carbocycles. The zero-order valence-electron chi connectivity index (χ0n) is 11.9. The second-order valence-electron chi connectivity index (χ2n) is 5.09. The first-order valence-electron chi connectivity index (χ1n) is 7.01. The van der Waals surface area contributed by atoms with Gasteiger partial charge in [-0.1, -0.05) is 24.4 Å². The number of benzene rings is 1. The van der Waals surface area contributed by atoms with E-state index in [9.17, 15) is 9.59 Å². The maximum absolute atomic E-state index is 12.0. The van der Waals surface area contributed by atoms with Crippen LogP contribution in [0.2, 0.25) is 5.02 Å². The number of esters is 1. The van der Waals surface area contributed by atoms with Crippen molar-refractivity contribution in [1.29, 1.82) is 0 Å². The van der Waals surface area contributed by atoms with Gasteiger partial charge in [0.2, 0.25) is 5.91 Å². The van der Waals surface area contributed by atoms with Crippen molar-refractivity contribution < 1.29 is 14.3 Å². The smallest absolute Gasteiger partial charge is 0.340 e. The van der Waals surface area contributed by atoms with E-state index in [0.29, 0.717) is 16.8 Å². The van der Waals surface area contributed by atoms with Crippen molar-refractivity contribution in [3.63, 3.8) is 0 Å². The summed E-state index contributed by atoms with van der Waals surface area (Å²) in [4.78, 5) is 23.6. The number of carbonyl (C=O) groups excluding carboxylic acids is 2. The van der Waals surface area contributed by atoms with Gasteiger partial charge in [0.05, 0.1) is 24.9 Å². The van der Waals surface area contributed by atoms with Crippen LogP contribution < -0.4 is 10.6 Å². The Kier molecular flexibility index (Phi) is 5.59. The molecule has 1 aliphatic rings. The van der Waals surface area contributed by atoms with Crippen LogP contribution in [0.3, 0.4) is 0 Å². The summed E-state index contributed by atoms with van der Waals surface area (Å²) in [6, 6.07) is 5.12. The second kappa shape index (κ2) is 7.43. The molecule has 0 aliphatic heterocycles. The van der Waals surface area contributed by atoms with Gasteiger partial charge in [0.15, 0.2) is 0 Å². The third-order valence-electron chi connectivity index (χ3n) is 3.57. The quantitative estimate of drug-likeness (QED) is 0.820. The molecule has 0 aromatic heterocycles. The van der Waals surface area contributed by atoms with E-state index in [4.69, 9.17) is 16.3 Å². The minimum atomic E-state index is -0.531. The zero-order valence-corrected chi connectivity index (χ0v) is 12.7. The van der Waals surface area contributed by atoms with E-state index in [1.165, 1.54) is 26.0 Å². The van der Waals surface area contributed by atoms with Gasteiger partial charge < -0.3 is 15.4 Å². The van der Waals surface area contributed by atoms with E-state index in [-0.39, 0.29) is 18.0 Å². The number of carbonyl (C=O) groups is 2. The first-order valence-corrected chi connectivity index (χ1v) is 7.39. The van der Waals surface area contributed by atoms with E-state index >= 15 is 0 Å². The van der Waals surface area contributed by atoms with Crippen LogP contribution in [-0.2, 0) is 9.53 Å². The number of ether oxygens (including phenoxy) is 1. The molecule has 0 bridgehead atoms. The van der Waals surface area contributed by atoms with Crippen LogP contribution in [-0.4, -0.2) is 31.6 Å². The van der Waals surface area contributed by atoms with Crippen LogP contribution in [0.5, 0.6) is 0 Å². The topological polar surface area (TPSA) is 67.4 Å². The Bertz CT molecular complexity index is 528. The summed E-state index contributed by atoms with van der Waals surface area (Å²) in [5.74, 6) is -0.717. The number of rotatable bonds is 5. The Morgan fingerprint density at radius 1 is 1.33 bits per heavy atom. The fourth-order valence-corrected chi connectivity index (χ4v) is 2.64. The highest BCUT2D eigenvalue weighted by atomic mass is 35.5. The molecule has 1 aliphatic carbocycles. The first-order chi connectivity index (χ1) is 10.1. The van der Waals surface area contributed by atoms with Crippen molar-refractivity contribution >= 4 is 29.2 Å². The average molecular weight is 311 g/mol. The van der Waals surface area contributed by atoms with Gasteiger partial charge in [0.25, 0.3) is 0 Å². The average Bonchev–Trinajstić information content (AvgIpc) is 2.99. The van der Waals surface area contributed by atoms with Crippen LogP contribution in [0.1, 0.15) is 36.0 Å². The summed E-state index contributed by atoms with van der Waals surface area (Å²) in [7, 11) is 1.29. The molecule has 1 aromatic rings. The molecular formula is C15H19ClN2O3. The Morgan fingerprint density at radius 2 is 2.05 bits per heavy atom. The Hall–Kier alpha value is -1.59. The Balaban J connectivity index is 1.97. The molecule has 2 N–H and O–H groups in total. The first kappa shape index (κ1) is 15.8. The number of anilines is 1. The molecule has 0 atom stereocenters. The third-order valence-corrected chi connectivity index (χ3v) is 3.80. The van der Waals surface area contributed by atoms with Gasteiger partial charge in [-0.2, -0.15) is 0 Å². The summed E-state index contributed by atoms with van der Waals surface area (Å²) < 4.78 is 4.69. The minimum absolute atomic E-state index is 0.186. The maximum Gasteiger partial charge on any atom is 0.340 e. The normalized spacial score (nSPS) is 15.0. The molecular weight excluding hydrogens is 292 g/mol. The monoisotopic (exact) mass is 310 g/mol. The predicted molar refractivity (Wildman–Crippen MR) is 81.7 cm³/mol. The molecule has 0 spiro atoms. The molecule has 5 nitrogen and oxygen atoms in total.